The lowest BCUT2D eigenvalue weighted by Gasteiger charge is -2.18. The molecule has 0 N–H and O–H groups in total. The van der Waals surface area contributed by atoms with Crippen molar-refractivity contribution in [3.63, 3.8) is 0 Å². The minimum Gasteiger partial charge on any atom is -0.462 e. The van der Waals surface area contributed by atoms with Crippen LogP contribution in [0.25, 0.3) is 0 Å². The van der Waals surface area contributed by atoms with Gasteiger partial charge in [0, 0.05) is 19.3 Å². The Kier molecular flexibility index (Phi) is 50.4. The normalized spacial score (nSPS) is 12.7. The van der Waals surface area contributed by atoms with Crippen molar-refractivity contribution in [2.75, 3.05) is 13.2 Å². The van der Waals surface area contributed by atoms with Gasteiger partial charge in [0.25, 0.3) is 0 Å². The van der Waals surface area contributed by atoms with Crippen molar-refractivity contribution >= 4 is 17.9 Å². The van der Waals surface area contributed by atoms with Gasteiger partial charge >= 0.3 is 17.9 Å². The lowest BCUT2D eigenvalue weighted by Crippen LogP contribution is -2.30. The van der Waals surface area contributed by atoms with E-state index in [0.29, 0.717) is 19.3 Å². The molecule has 1 atom stereocenters. The summed E-state index contributed by atoms with van der Waals surface area (Å²) >= 11 is 0. The molecule has 0 aliphatic carbocycles. The average Bonchev–Trinajstić information content (AvgIpc) is 3.30. The van der Waals surface area contributed by atoms with Gasteiger partial charge in [-0.2, -0.15) is 0 Å². The van der Waals surface area contributed by atoms with E-state index in [4.69, 9.17) is 14.2 Å². The van der Waals surface area contributed by atoms with Crippen LogP contribution in [-0.4, -0.2) is 37.2 Å². The van der Waals surface area contributed by atoms with E-state index in [1.807, 2.05) is 0 Å². The fourth-order valence-electron chi connectivity index (χ4n) is 7.22. The van der Waals surface area contributed by atoms with Crippen LogP contribution < -0.4 is 0 Å². The van der Waals surface area contributed by atoms with Gasteiger partial charge in [0.15, 0.2) is 6.10 Å². The highest BCUT2D eigenvalue weighted by molar-refractivity contribution is 5.71. The van der Waals surface area contributed by atoms with E-state index >= 15 is 0 Å². The highest BCUT2D eigenvalue weighted by Crippen LogP contribution is 2.13. The van der Waals surface area contributed by atoms with Crippen LogP contribution in [0.3, 0.4) is 0 Å². The van der Waals surface area contributed by atoms with Crippen LogP contribution in [0, 0.1) is 0 Å². The SMILES string of the molecule is CCCCC/C=C\C/C=C\C/C=C\CCCCC(=O)OC[C@H](COC(=O)CCCCCCC/C=C\CCCCCCCC)OC(=O)CCC/C=C\C/C=C\C/C=C\CCCCCCCC. The first kappa shape index (κ1) is 61.6. The Morgan fingerprint density at radius 1 is 0.308 bits per heavy atom. The molecule has 0 saturated heterocycles. The van der Waals surface area contributed by atoms with E-state index in [1.54, 1.807) is 0 Å². The van der Waals surface area contributed by atoms with Gasteiger partial charge in [-0.1, -0.05) is 202 Å². The third-order valence-corrected chi connectivity index (χ3v) is 11.3. The number of carbonyl (C=O) groups is 3. The maximum Gasteiger partial charge on any atom is 0.306 e. The van der Waals surface area contributed by atoms with Gasteiger partial charge in [-0.3, -0.25) is 14.4 Å². The summed E-state index contributed by atoms with van der Waals surface area (Å²) in [5.74, 6) is -1.01. The summed E-state index contributed by atoms with van der Waals surface area (Å²) in [6.07, 6.45) is 68.6. The molecule has 0 rings (SSSR count). The van der Waals surface area contributed by atoms with Crippen LogP contribution in [0.4, 0.5) is 0 Å². The molecule has 6 heteroatoms. The maximum atomic E-state index is 12.8. The highest BCUT2D eigenvalue weighted by Gasteiger charge is 2.19. The predicted molar refractivity (Wildman–Crippen MR) is 279 cm³/mol. The van der Waals surface area contributed by atoms with Gasteiger partial charge in [0.05, 0.1) is 0 Å². The van der Waals surface area contributed by atoms with Gasteiger partial charge in [0.1, 0.15) is 13.2 Å². The van der Waals surface area contributed by atoms with Crippen molar-refractivity contribution in [2.45, 2.75) is 258 Å². The zero-order chi connectivity index (χ0) is 47.2. The first-order chi connectivity index (χ1) is 32.0. The molecule has 0 aromatic rings. The van der Waals surface area contributed by atoms with Crippen LogP contribution in [0.1, 0.15) is 252 Å². The molecular weight excluding hydrogens is 805 g/mol. The fraction of sp³-hybridized carbons (Fsp3) is 0.712. The molecular formula is C59H100O6. The number of rotatable bonds is 48. The van der Waals surface area contributed by atoms with Gasteiger partial charge in [-0.25, -0.2) is 0 Å². The molecule has 0 spiro atoms. The van der Waals surface area contributed by atoms with Crippen LogP contribution in [-0.2, 0) is 28.6 Å². The molecule has 0 aromatic heterocycles. The zero-order valence-corrected chi connectivity index (χ0v) is 42.5. The lowest BCUT2D eigenvalue weighted by molar-refractivity contribution is -0.167. The average molecular weight is 905 g/mol. The number of hydrogen-bond acceptors (Lipinski definition) is 6. The number of unbranched alkanes of at least 4 members (excludes halogenated alkanes) is 23. The molecule has 0 unspecified atom stereocenters. The smallest absolute Gasteiger partial charge is 0.306 e. The molecule has 0 amide bonds. The van der Waals surface area contributed by atoms with Gasteiger partial charge in [-0.15, -0.1) is 0 Å². The van der Waals surface area contributed by atoms with Crippen molar-refractivity contribution < 1.29 is 28.6 Å². The first-order valence-corrected chi connectivity index (χ1v) is 27.1. The van der Waals surface area contributed by atoms with Gasteiger partial charge < -0.3 is 14.2 Å². The summed E-state index contributed by atoms with van der Waals surface area (Å²) in [5.41, 5.74) is 0. The first-order valence-electron chi connectivity index (χ1n) is 27.1. The summed E-state index contributed by atoms with van der Waals surface area (Å²) in [5, 5.41) is 0. The minimum absolute atomic E-state index is 0.113. The van der Waals surface area contributed by atoms with E-state index in [1.165, 1.54) is 122 Å². The van der Waals surface area contributed by atoms with Crippen LogP contribution in [0.5, 0.6) is 0 Å². The Labute approximate surface area is 401 Å². The maximum absolute atomic E-state index is 12.8. The van der Waals surface area contributed by atoms with E-state index in [9.17, 15) is 14.4 Å². The second kappa shape index (κ2) is 53.2. The Hall–Kier alpha value is -3.41. The van der Waals surface area contributed by atoms with Gasteiger partial charge in [0.2, 0.25) is 0 Å². The monoisotopic (exact) mass is 905 g/mol. The van der Waals surface area contributed by atoms with Crippen LogP contribution in [0.2, 0.25) is 0 Å². The third-order valence-electron chi connectivity index (χ3n) is 11.3. The molecule has 65 heavy (non-hydrogen) atoms. The van der Waals surface area contributed by atoms with E-state index in [2.05, 4.69) is 106 Å². The summed E-state index contributed by atoms with van der Waals surface area (Å²) in [6, 6.07) is 0. The Morgan fingerprint density at radius 2 is 0.569 bits per heavy atom. The van der Waals surface area contributed by atoms with Crippen LogP contribution in [0.15, 0.2) is 85.1 Å². The summed E-state index contributed by atoms with van der Waals surface area (Å²) in [7, 11) is 0. The topological polar surface area (TPSA) is 78.9 Å². The van der Waals surface area contributed by atoms with E-state index in [0.717, 1.165) is 83.5 Å². The number of allylic oxidation sites excluding steroid dienone is 14. The standard InChI is InChI=1S/C59H100O6/c1-4-7-10-13-16-19-22-25-28-29-32-35-38-41-44-47-50-53-59(62)65-56(54-63-57(60)51-48-45-42-39-36-33-30-26-23-20-17-14-11-8-5-2)55-64-58(61)52-49-46-43-40-37-34-31-27-24-21-18-15-12-9-6-3/h17,20,25-28,30-32,35-36,39,41,44,56H,4-16,18-19,21-24,29,33-34,37-38,40,42-43,45-55H2,1-3H3/b20-17-,28-25-,30-26-,31-27-,35-32-,39-36-,44-41-/t56-/m1/s1. The zero-order valence-electron chi connectivity index (χ0n) is 42.5. The molecule has 0 aliphatic rings. The predicted octanol–water partition coefficient (Wildman–Crippen LogP) is 18.0. The molecule has 0 heterocycles. The second-order valence-electron chi connectivity index (χ2n) is 17.8. The third kappa shape index (κ3) is 51.4. The molecule has 6 nitrogen and oxygen atoms in total. The molecule has 372 valence electrons. The lowest BCUT2D eigenvalue weighted by atomic mass is 10.1. The largest absolute Gasteiger partial charge is 0.462 e. The van der Waals surface area contributed by atoms with Crippen molar-refractivity contribution in [3.8, 4) is 0 Å². The Bertz CT molecular complexity index is 1270. The summed E-state index contributed by atoms with van der Waals surface area (Å²) in [6.45, 7) is 6.51. The van der Waals surface area contributed by atoms with Crippen molar-refractivity contribution in [1.82, 2.24) is 0 Å². The highest BCUT2D eigenvalue weighted by atomic mass is 16.6. The molecule has 0 aliphatic heterocycles. The van der Waals surface area contributed by atoms with E-state index in [-0.39, 0.29) is 37.5 Å². The quantitative estimate of drug-likeness (QED) is 0.0262. The summed E-state index contributed by atoms with van der Waals surface area (Å²) in [4.78, 5) is 38.0. The fourth-order valence-corrected chi connectivity index (χ4v) is 7.22. The second-order valence-corrected chi connectivity index (χ2v) is 17.8. The summed E-state index contributed by atoms with van der Waals surface area (Å²) < 4.78 is 16.7. The molecule has 0 bridgehead atoms. The number of hydrogen-bond donors (Lipinski definition) is 0. The van der Waals surface area contributed by atoms with Crippen molar-refractivity contribution in [3.05, 3.63) is 85.1 Å². The molecule has 0 saturated carbocycles. The number of esters is 3. The van der Waals surface area contributed by atoms with E-state index < -0.39 is 6.10 Å². The molecule has 0 aromatic carbocycles. The molecule has 0 fully saturated rings. The Balaban J connectivity index is 4.54. The Morgan fingerprint density at radius 3 is 0.985 bits per heavy atom. The van der Waals surface area contributed by atoms with Gasteiger partial charge in [-0.05, 0) is 116 Å². The van der Waals surface area contributed by atoms with Crippen molar-refractivity contribution in [2.24, 2.45) is 0 Å². The van der Waals surface area contributed by atoms with Crippen LogP contribution >= 0.6 is 0 Å². The molecule has 0 radical (unpaired) electrons. The minimum atomic E-state index is -0.822. The van der Waals surface area contributed by atoms with Crippen molar-refractivity contribution in [1.29, 1.82) is 0 Å². The number of ether oxygens (including phenoxy) is 3. The number of carbonyl (C=O) groups excluding carboxylic acids is 3.